The predicted octanol–water partition coefficient (Wildman–Crippen LogP) is 2.29. The van der Waals surface area contributed by atoms with Gasteiger partial charge in [0.05, 0.1) is 29.1 Å². The SMILES string of the molecule is CCNC(Cc1c(Cl)c(CC)nn1C)C1CSCCO1. The maximum Gasteiger partial charge on any atom is 0.0850 e. The number of likely N-dealkylation sites (N-methyl/N-ethyl adjacent to an activating group) is 1. The van der Waals surface area contributed by atoms with Crippen LogP contribution in [0, 0.1) is 0 Å². The standard InChI is InChI=1S/C14H24ClN3OS/c1-4-10-14(15)12(18(3)17-10)8-11(16-5-2)13-9-20-7-6-19-13/h11,13,16H,4-9H2,1-3H3. The Kier molecular flexibility index (Phi) is 6.20. The monoisotopic (exact) mass is 317 g/mol. The number of nitrogens with zero attached hydrogens (tertiary/aromatic N) is 2. The molecule has 4 nitrogen and oxygen atoms in total. The largest absolute Gasteiger partial charge is 0.375 e. The van der Waals surface area contributed by atoms with Crippen molar-refractivity contribution < 1.29 is 4.74 Å². The third-order valence-corrected chi connectivity index (χ3v) is 5.13. The number of hydrogen-bond donors (Lipinski definition) is 1. The zero-order chi connectivity index (χ0) is 14.5. The summed E-state index contributed by atoms with van der Waals surface area (Å²) in [6, 6.07) is 0.297. The van der Waals surface area contributed by atoms with E-state index in [1.807, 2.05) is 23.5 Å². The van der Waals surface area contributed by atoms with Crippen molar-refractivity contribution in [2.24, 2.45) is 7.05 Å². The van der Waals surface area contributed by atoms with Gasteiger partial charge in [-0.2, -0.15) is 16.9 Å². The Morgan fingerprint density at radius 3 is 2.90 bits per heavy atom. The fourth-order valence-corrected chi connectivity index (χ4v) is 3.90. The lowest BCUT2D eigenvalue weighted by Gasteiger charge is -2.30. The van der Waals surface area contributed by atoms with Crippen molar-refractivity contribution in [3.8, 4) is 0 Å². The van der Waals surface area contributed by atoms with Crippen LogP contribution < -0.4 is 5.32 Å². The van der Waals surface area contributed by atoms with Gasteiger partial charge in [-0.15, -0.1) is 0 Å². The first kappa shape index (κ1) is 16.1. The van der Waals surface area contributed by atoms with Crippen LogP contribution in [-0.2, 0) is 24.6 Å². The molecule has 6 heteroatoms. The number of aromatic nitrogens is 2. The molecule has 2 heterocycles. The minimum absolute atomic E-state index is 0.254. The second-order valence-corrected chi connectivity index (χ2v) is 6.56. The molecule has 114 valence electrons. The summed E-state index contributed by atoms with van der Waals surface area (Å²) in [5.74, 6) is 2.15. The van der Waals surface area contributed by atoms with Crippen molar-refractivity contribution in [1.29, 1.82) is 0 Å². The molecule has 0 saturated carbocycles. The summed E-state index contributed by atoms with van der Waals surface area (Å²) in [6.07, 6.45) is 1.99. The number of aryl methyl sites for hydroxylation is 2. The minimum atomic E-state index is 0.254. The maximum atomic E-state index is 6.46. The Balaban J connectivity index is 2.12. The van der Waals surface area contributed by atoms with Crippen LogP contribution >= 0.6 is 23.4 Å². The molecule has 1 N–H and O–H groups in total. The molecule has 1 aromatic rings. The zero-order valence-electron chi connectivity index (χ0n) is 12.5. The topological polar surface area (TPSA) is 39.1 Å². The first-order chi connectivity index (χ1) is 9.67. The quantitative estimate of drug-likeness (QED) is 0.874. The van der Waals surface area contributed by atoms with Crippen LogP contribution in [-0.4, -0.2) is 46.6 Å². The highest BCUT2D eigenvalue weighted by molar-refractivity contribution is 7.99. The number of thioether (sulfide) groups is 1. The summed E-state index contributed by atoms with van der Waals surface area (Å²) >= 11 is 8.42. The Morgan fingerprint density at radius 1 is 1.55 bits per heavy atom. The van der Waals surface area contributed by atoms with Crippen LogP contribution in [0.4, 0.5) is 0 Å². The molecule has 2 unspecified atom stereocenters. The van der Waals surface area contributed by atoms with Gasteiger partial charge >= 0.3 is 0 Å². The number of nitrogens with one attached hydrogen (secondary N) is 1. The fourth-order valence-electron chi connectivity index (χ4n) is 2.59. The van der Waals surface area contributed by atoms with Crippen LogP contribution in [0.3, 0.4) is 0 Å². The normalized spacial score (nSPS) is 21.1. The molecule has 20 heavy (non-hydrogen) atoms. The number of hydrogen-bond acceptors (Lipinski definition) is 4. The summed E-state index contributed by atoms with van der Waals surface area (Å²) < 4.78 is 7.84. The van der Waals surface area contributed by atoms with E-state index in [2.05, 4.69) is 24.3 Å². The highest BCUT2D eigenvalue weighted by Gasteiger charge is 2.27. The minimum Gasteiger partial charge on any atom is -0.375 e. The molecule has 2 rings (SSSR count). The van der Waals surface area contributed by atoms with Gasteiger partial charge in [0.15, 0.2) is 0 Å². The molecule has 0 aliphatic carbocycles. The first-order valence-electron chi connectivity index (χ1n) is 7.30. The fraction of sp³-hybridized carbons (Fsp3) is 0.786. The van der Waals surface area contributed by atoms with E-state index in [0.29, 0.717) is 6.04 Å². The van der Waals surface area contributed by atoms with Gasteiger partial charge in [0.1, 0.15) is 0 Å². The van der Waals surface area contributed by atoms with Gasteiger partial charge in [-0.25, -0.2) is 0 Å². The molecule has 0 amide bonds. The maximum absolute atomic E-state index is 6.46. The Bertz CT molecular complexity index is 432. The number of ether oxygens (including phenoxy) is 1. The van der Waals surface area contributed by atoms with Gasteiger partial charge in [-0.1, -0.05) is 25.4 Å². The van der Waals surface area contributed by atoms with Crippen molar-refractivity contribution >= 4 is 23.4 Å². The molecular weight excluding hydrogens is 294 g/mol. The molecule has 1 fully saturated rings. The molecule has 1 aliphatic rings. The lowest BCUT2D eigenvalue weighted by molar-refractivity contribution is 0.0471. The molecule has 0 spiro atoms. The van der Waals surface area contributed by atoms with Crippen molar-refractivity contribution in [3.05, 3.63) is 16.4 Å². The third-order valence-electron chi connectivity index (χ3n) is 3.67. The van der Waals surface area contributed by atoms with Crippen LogP contribution in [0.5, 0.6) is 0 Å². The molecule has 1 aromatic heterocycles. The van der Waals surface area contributed by atoms with Gasteiger partial charge in [-0.05, 0) is 13.0 Å². The summed E-state index contributed by atoms with van der Waals surface area (Å²) in [7, 11) is 1.97. The van der Waals surface area contributed by atoms with E-state index < -0.39 is 0 Å². The van der Waals surface area contributed by atoms with E-state index in [1.54, 1.807) is 0 Å². The summed E-state index contributed by atoms with van der Waals surface area (Å²) in [4.78, 5) is 0. The molecule has 0 radical (unpaired) electrons. The molecule has 0 bridgehead atoms. The highest BCUT2D eigenvalue weighted by atomic mass is 35.5. The second kappa shape index (κ2) is 7.69. The van der Waals surface area contributed by atoms with E-state index >= 15 is 0 Å². The summed E-state index contributed by atoms with van der Waals surface area (Å²) in [5, 5.41) is 8.86. The first-order valence-corrected chi connectivity index (χ1v) is 8.83. The van der Waals surface area contributed by atoms with E-state index in [4.69, 9.17) is 16.3 Å². The van der Waals surface area contributed by atoms with Crippen LogP contribution in [0.1, 0.15) is 25.2 Å². The second-order valence-electron chi connectivity index (χ2n) is 5.04. The summed E-state index contributed by atoms with van der Waals surface area (Å²) in [6.45, 7) is 5.99. The van der Waals surface area contributed by atoms with Crippen LogP contribution in [0.2, 0.25) is 5.02 Å². The van der Waals surface area contributed by atoms with Gasteiger partial charge in [-0.3, -0.25) is 4.68 Å². The number of halogens is 1. The average Bonchev–Trinajstić information content (AvgIpc) is 2.75. The predicted molar refractivity (Wildman–Crippen MR) is 85.8 cm³/mol. The zero-order valence-corrected chi connectivity index (χ0v) is 14.1. The lowest BCUT2D eigenvalue weighted by Crippen LogP contribution is -2.46. The van der Waals surface area contributed by atoms with Crippen molar-refractivity contribution in [3.63, 3.8) is 0 Å². The van der Waals surface area contributed by atoms with Gasteiger partial charge in [0, 0.05) is 31.0 Å². The smallest absolute Gasteiger partial charge is 0.0850 e. The highest BCUT2D eigenvalue weighted by Crippen LogP contribution is 2.24. The number of rotatable bonds is 6. The van der Waals surface area contributed by atoms with E-state index in [9.17, 15) is 0 Å². The van der Waals surface area contributed by atoms with Crippen molar-refractivity contribution in [2.75, 3.05) is 24.7 Å². The van der Waals surface area contributed by atoms with Crippen molar-refractivity contribution in [2.45, 2.75) is 38.8 Å². The van der Waals surface area contributed by atoms with E-state index in [-0.39, 0.29) is 6.10 Å². The van der Waals surface area contributed by atoms with E-state index in [1.165, 1.54) is 0 Å². The Hall–Kier alpha value is -0.230. The van der Waals surface area contributed by atoms with Crippen LogP contribution in [0.25, 0.3) is 0 Å². The lowest BCUT2D eigenvalue weighted by atomic mass is 10.1. The van der Waals surface area contributed by atoms with Gasteiger partial charge in [0.25, 0.3) is 0 Å². The molecule has 1 saturated heterocycles. The van der Waals surface area contributed by atoms with Gasteiger partial charge in [0.2, 0.25) is 0 Å². The molecular formula is C14H24ClN3OS. The van der Waals surface area contributed by atoms with Crippen molar-refractivity contribution in [1.82, 2.24) is 15.1 Å². The molecule has 2 atom stereocenters. The Labute approximate surface area is 130 Å². The van der Waals surface area contributed by atoms with Gasteiger partial charge < -0.3 is 10.1 Å². The van der Waals surface area contributed by atoms with Crippen LogP contribution in [0.15, 0.2) is 0 Å². The summed E-state index contributed by atoms with van der Waals surface area (Å²) in [5.41, 5.74) is 2.09. The average molecular weight is 318 g/mol. The molecule has 1 aliphatic heterocycles. The van der Waals surface area contributed by atoms with E-state index in [0.717, 1.165) is 53.9 Å². The third kappa shape index (κ3) is 3.70. The Morgan fingerprint density at radius 2 is 2.35 bits per heavy atom. The molecule has 0 aromatic carbocycles.